The molecule has 0 unspecified atom stereocenters. The summed E-state index contributed by atoms with van der Waals surface area (Å²) in [5.41, 5.74) is 1.32. The summed E-state index contributed by atoms with van der Waals surface area (Å²) in [5, 5.41) is 0. The van der Waals surface area contributed by atoms with Crippen LogP contribution in [0.3, 0.4) is 0 Å². The van der Waals surface area contributed by atoms with Gasteiger partial charge in [-0.1, -0.05) is 24.3 Å². The van der Waals surface area contributed by atoms with Crippen LogP contribution in [0.2, 0.25) is 0 Å². The molecule has 0 radical (unpaired) electrons. The van der Waals surface area contributed by atoms with Crippen molar-refractivity contribution in [1.29, 1.82) is 0 Å². The van der Waals surface area contributed by atoms with Crippen LogP contribution in [0.4, 0.5) is 10.1 Å². The maximum Gasteiger partial charge on any atom is 0.233 e. The molecule has 0 bridgehead atoms. The van der Waals surface area contributed by atoms with Crippen LogP contribution in [0.15, 0.2) is 48.5 Å². The average molecular weight is 354 g/mol. The second kappa shape index (κ2) is 6.63. The molecule has 0 N–H and O–H groups in total. The molecular weight excluding hydrogens is 331 g/mol. The molecule has 1 aliphatic carbocycles. The lowest BCUT2D eigenvalue weighted by molar-refractivity contribution is -0.134. The SMILES string of the molecule is COc1ccc(C2(C(=O)N3CCN(c4ccccc4F)CC3)CC2)cc1. The Bertz CT molecular complexity index is 794. The van der Waals surface area contributed by atoms with Gasteiger partial charge in [-0.25, -0.2) is 4.39 Å². The molecule has 0 aromatic heterocycles. The summed E-state index contributed by atoms with van der Waals surface area (Å²) in [5.74, 6) is 0.801. The van der Waals surface area contributed by atoms with Crippen molar-refractivity contribution in [2.24, 2.45) is 0 Å². The van der Waals surface area contributed by atoms with E-state index in [1.807, 2.05) is 40.1 Å². The molecule has 2 aromatic rings. The quantitative estimate of drug-likeness (QED) is 0.845. The minimum atomic E-state index is -0.369. The van der Waals surface area contributed by atoms with Gasteiger partial charge in [-0.3, -0.25) is 4.79 Å². The Kier molecular flexibility index (Phi) is 4.31. The lowest BCUT2D eigenvalue weighted by Crippen LogP contribution is -2.51. The standard InChI is InChI=1S/C21H23FN2O2/c1-26-17-8-6-16(7-9-17)21(10-11-21)20(25)24-14-12-23(13-15-24)19-5-3-2-4-18(19)22/h2-9H,10-15H2,1H3. The maximum absolute atomic E-state index is 14.0. The van der Waals surface area contributed by atoms with E-state index >= 15 is 0 Å². The normalized spacial score (nSPS) is 18.5. The topological polar surface area (TPSA) is 32.8 Å². The number of para-hydroxylation sites is 1. The van der Waals surface area contributed by atoms with Crippen LogP contribution < -0.4 is 9.64 Å². The second-order valence-corrected chi connectivity index (χ2v) is 7.04. The molecule has 2 aliphatic rings. The zero-order chi connectivity index (χ0) is 18.1. The van der Waals surface area contributed by atoms with Gasteiger partial charge < -0.3 is 14.5 Å². The lowest BCUT2D eigenvalue weighted by atomic mass is 9.94. The fraction of sp³-hybridized carbons (Fsp3) is 0.381. The van der Waals surface area contributed by atoms with Crippen LogP contribution in [0.1, 0.15) is 18.4 Å². The summed E-state index contributed by atoms with van der Waals surface area (Å²) in [6, 6.07) is 14.7. The van der Waals surface area contributed by atoms with E-state index < -0.39 is 0 Å². The number of hydrogen-bond donors (Lipinski definition) is 0. The smallest absolute Gasteiger partial charge is 0.233 e. The van der Waals surface area contributed by atoms with E-state index in [2.05, 4.69) is 0 Å². The number of halogens is 1. The van der Waals surface area contributed by atoms with Gasteiger partial charge in [0.2, 0.25) is 5.91 Å². The molecule has 2 fully saturated rings. The van der Waals surface area contributed by atoms with Gasteiger partial charge in [0.05, 0.1) is 18.2 Å². The van der Waals surface area contributed by atoms with Crippen LogP contribution in [0.5, 0.6) is 5.75 Å². The number of amides is 1. The number of carbonyl (C=O) groups excluding carboxylic acids is 1. The van der Waals surface area contributed by atoms with E-state index in [0.717, 1.165) is 24.2 Å². The minimum absolute atomic E-state index is 0.204. The molecule has 1 aliphatic heterocycles. The summed E-state index contributed by atoms with van der Waals surface area (Å²) in [4.78, 5) is 17.1. The lowest BCUT2D eigenvalue weighted by Gasteiger charge is -2.38. The monoisotopic (exact) mass is 354 g/mol. The number of ether oxygens (including phenoxy) is 1. The fourth-order valence-electron chi connectivity index (χ4n) is 3.82. The molecule has 4 nitrogen and oxygen atoms in total. The van der Waals surface area contributed by atoms with E-state index in [9.17, 15) is 9.18 Å². The van der Waals surface area contributed by atoms with Crippen molar-refractivity contribution in [3.63, 3.8) is 0 Å². The summed E-state index contributed by atoms with van der Waals surface area (Å²) < 4.78 is 19.2. The first-order chi connectivity index (χ1) is 12.6. The summed E-state index contributed by atoms with van der Waals surface area (Å²) >= 11 is 0. The predicted molar refractivity (Wildman–Crippen MR) is 99.1 cm³/mol. The molecular formula is C21H23FN2O2. The minimum Gasteiger partial charge on any atom is -0.497 e. The molecule has 0 spiro atoms. The first-order valence-corrected chi connectivity index (χ1v) is 9.07. The molecule has 1 saturated heterocycles. The first kappa shape index (κ1) is 16.9. The number of anilines is 1. The second-order valence-electron chi connectivity index (χ2n) is 7.04. The highest BCUT2D eigenvalue weighted by Gasteiger charge is 2.53. The van der Waals surface area contributed by atoms with Gasteiger partial charge in [0.15, 0.2) is 0 Å². The zero-order valence-corrected chi connectivity index (χ0v) is 15.0. The molecule has 26 heavy (non-hydrogen) atoms. The van der Waals surface area contributed by atoms with Gasteiger partial charge in [-0.15, -0.1) is 0 Å². The summed E-state index contributed by atoms with van der Waals surface area (Å²) in [7, 11) is 1.64. The fourth-order valence-corrected chi connectivity index (χ4v) is 3.82. The van der Waals surface area contributed by atoms with E-state index in [-0.39, 0.29) is 17.1 Å². The molecule has 4 rings (SSSR count). The van der Waals surface area contributed by atoms with E-state index in [4.69, 9.17) is 4.74 Å². The third kappa shape index (κ3) is 2.91. The van der Waals surface area contributed by atoms with Crippen LogP contribution in [-0.2, 0) is 10.2 Å². The zero-order valence-electron chi connectivity index (χ0n) is 15.0. The molecule has 2 aromatic carbocycles. The van der Waals surface area contributed by atoms with Crippen molar-refractivity contribution in [1.82, 2.24) is 4.90 Å². The Labute approximate surface area is 153 Å². The highest BCUT2D eigenvalue weighted by atomic mass is 19.1. The van der Waals surface area contributed by atoms with Crippen LogP contribution in [-0.4, -0.2) is 44.1 Å². The van der Waals surface area contributed by atoms with Gasteiger partial charge in [0.25, 0.3) is 0 Å². The van der Waals surface area contributed by atoms with Crippen molar-refractivity contribution in [3.05, 3.63) is 59.9 Å². The van der Waals surface area contributed by atoms with Crippen LogP contribution in [0, 0.1) is 5.82 Å². The number of nitrogens with zero attached hydrogens (tertiary/aromatic N) is 2. The third-order valence-electron chi connectivity index (χ3n) is 5.56. The summed E-state index contributed by atoms with van der Waals surface area (Å²) in [6.07, 6.45) is 1.79. The first-order valence-electron chi connectivity index (χ1n) is 9.07. The van der Waals surface area contributed by atoms with E-state index in [1.54, 1.807) is 19.2 Å². The van der Waals surface area contributed by atoms with Crippen molar-refractivity contribution >= 4 is 11.6 Å². The summed E-state index contributed by atoms with van der Waals surface area (Å²) in [6.45, 7) is 2.58. The number of rotatable bonds is 4. The molecule has 5 heteroatoms. The Morgan fingerprint density at radius 1 is 1.00 bits per heavy atom. The van der Waals surface area contributed by atoms with Gasteiger partial charge in [0, 0.05) is 26.2 Å². The predicted octanol–water partition coefficient (Wildman–Crippen LogP) is 3.21. The number of hydrogen-bond acceptors (Lipinski definition) is 3. The molecule has 0 atom stereocenters. The number of carbonyl (C=O) groups is 1. The number of piperazine rings is 1. The van der Waals surface area contributed by atoms with Crippen LogP contribution >= 0.6 is 0 Å². The van der Waals surface area contributed by atoms with E-state index in [1.165, 1.54) is 6.07 Å². The number of methoxy groups -OCH3 is 1. The Morgan fingerprint density at radius 3 is 2.23 bits per heavy atom. The average Bonchev–Trinajstić information content (AvgIpc) is 3.50. The Balaban J connectivity index is 1.44. The molecule has 1 saturated carbocycles. The van der Waals surface area contributed by atoms with Crippen molar-refractivity contribution < 1.29 is 13.9 Å². The van der Waals surface area contributed by atoms with Gasteiger partial charge in [-0.2, -0.15) is 0 Å². The molecule has 1 heterocycles. The van der Waals surface area contributed by atoms with Crippen molar-refractivity contribution in [2.75, 3.05) is 38.2 Å². The van der Waals surface area contributed by atoms with Crippen molar-refractivity contribution in [3.8, 4) is 5.75 Å². The number of benzene rings is 2. The van der Waals surface area contributed by atoms with E-state index in [0.29, 0.717) is 31.9 Å². The largest absolute Gasteiger partial charge is 0.497 e. The van der Waals surface area contributed by atoms with Gasteiger partial charge in [0.1, 0.15) is 11.6 Å². The highest BCUT2D eigenvalue weighted by Crippen LogP contribution is 2.50. The Hall–Kier alpha value is -2.56. The van der Waals surface area contributed by atoms with Crippen LogP contribution in [0.25, 0.3) is 0 Å². The van der Waals surface area contributed by atoms with Gasteiger partial charge >= 0.3 is 0 Å². The maximum atomic E-state index is 14.0. The highest BCUT2D eigenvalue weighted by molar-refractivity contribution is 5.91. The van der Waals surface area contributed by atoms with Gasteiger partial charge in [-0.05, 0) is 42.7 Å². The molecule has 1 amide bonds. The molecule has 136 valence electrons. The Morgan fingerprint density at radius 2 is 1.65 bits per heavy atom. The third-order valence-corrected chi connectivity index (χ3v) is 5.56. The van der Waals surface area contributed by atoms with Crippen molar-refractivity contribution in [2.45, 2.75) is 18.3 Å².